The highest BCUT2D eigenvalue weighted by molar-refractivity contribution is 6.30. The zero-order valence-corrected chi connectivity index (χ0v) is 14.9. The molecule has 0 bridgehead atoms. The molecule has 0 atom stereocenters. The highest BCUT2D eigenvalue weighted by atomic mass is 35.5. The van der Waals surface area contributed by atoms with Crippen LogP contribution in [0, 0.1) is 0 Å². The van der Waals surface area contributed by atoms with Crippen molar-refractivity contribution in [1.29, 1.82) is 0 Å². The Kier molecular flexibility index (Phi) is 5.93. The minimum absolute atomic E-state index is 0.0971. The third-order valence-electron chi connectivity index (χ3n) is 5.36. The number of nitrogens with zero attached hydrogens (tertiary/aromatic N) is 2. The summed E-state index contributed by atoms with van der Waals surface area (Å²) in [4.78, 5) is 4.07. The molecule has 0 radical (unpaired) electrons. The van der Waals surface area contributed by atoms with Crippen LogP contribution in [-0.2, 0) is 12.0 Å². The molecule has 1 aliphatic rings. The molecule has 0 spiro atoms. The van der Waals surface area contributed by atoms with E-state index in [4.69, 9.17) is 17.3 Å². The lowest BCUT2D eigenvalue weighted by molar-refractivity contribution is 0.251. The fraction of sp³-hybridized carbons (Fsp3) is 0.526. The third-order valence-corrected chi connectivity index (χ3v) is 5.59. The molecule has 2 aromatic rings. The molecule has 1 aliphatic carbocycles. The molecule has 3 N–H and O–H groups in total. The first-order chi connectivity index (χ1) is 11.7. The average Bonchev–Trinajstić information content (AvgIpc) is 3.13. The van der Waals surface area contributed by atoms with Crippen molar-refractivity contribution in [2.45, 2.75) is 50.1 Å². The van der Waals surface area contributed by atoms with Gasteiger partial charge in [-0.25, -0.2) is 4.98 Å². The van der Waals surface area contributed by atoms with Crippen LogP contribution in [-0.4, -0.2) is 28.7 Å². The number of rotatable bonds is 7. The highest BCUT2D eigenvalue weighted by Gasteiger charge is 2.35. The molecule has 0 unspecified atom stereocenters. The summed E-state index contributed by atoms with van der Waals surface area (Å²) in [5, 5.41) is 4.51. The molecule has 0 aliphatic heterocycles. The number of imidazole rings is 1. The van der Waals surface area contributed by atoms with Crippen LogP contribution in [0.5, 0.6) is 0 Å². The average molecular weight is 347 g/mol. The first-order valence-corrected chi connectivity index (χ1v) is 9.25. The van der Waals surface area contributed by atoms with Gasteiger partial charge in [0.05, 0.1) is 6.33 Å². The van der Waals surface area contributed by atoms with Crippen LogP contribution in [0.2, 0.25) is 5.02 Å². The summed E-state index contributed by atoms with van der Waals surface area (Å²) in [5.41, 5.74) is 7.57. The molecule has 1 aromatic carbocycles. The molecule has 0 amide bonds. The Morgan fingerprint density at radius 2 is 2.17 bits per heavy atom. The summed E-state index contributed by atoms with van der Waals surface area (Å²) in [6.45, 7) is 2.77. The molecule has 24 heavy (non-hydrogen) atoms. The zero-order chi connectivity index (χ0) is 16.8. The molecule has 4 nitrogen and oxygen atoms in total. The van der Waals surface area contributed by atoms with E-state index < -0.39 is 0 Å². The molecule has 1 heterocycles. The van der Waals surface area contributed by atoms with Gasteiger partial charge in [-0.05, 0) is 56.3 Å². The Bertz CT molecular complexity index is 618. The van der Waals surface area contributed by atoms with Crippen LogP contribution in [0.4, 0.5) is 0 Å². The minimum atomic E-state index is 0.0971. The molecular weight excluding hydrogens is 320 g/mol. The maximum atomic E-state index is 6.18. The van der Waals surface area contributed by atoms with Crippen LogP contribution < -0.4 is 11.1 Å². The lowest BCUT2D eigenvalue weighted by atomic mass is 9.68. The van der Waals surface area contributed by atoms with E-state index in [0.29, 0.717) is 12.6 Å². The van der Waals surface area contributed by atoms with Crippen molar-refractivity contribution >= 4 is 11.6 Å². The third kappa shape index (κ3) is 4.18. The van der Waals surface area contributed by atoms with Crippen molar-refractivity contribution in [1.82, 2.24) is 14.9 Å². The van der Waals surface area contributed by atoms with Gasteiger partial charge in [-0.1, -0.05) is 23.7 Å². The van der Waals surface area contributed by atoms with Gasteiger partial charge in [0.15, 0.2) is 0 Å². The van der Waals surface area contributed by atoms with Crippen molar-refractivity contribution in [2.75, 3.05) is 13.1 Å². The SMILES string of the molecule is NCC1(c2cccc(Cl)c2)CCC(NCCCn2ccnc2)CC1. The predicted molar refractivity (Wildman–Crippen MR) is 99.3 cm³/mol. The lowest BCUT2D eigenvalue weighted by Crippen LogP contribution is -2.44. The summed E-state index contributed by atoms with van der Waals surface area (Å²) in [7, 11) is 0. The fourth-order valence-corrected chi connectivity index (χ4v) is 3.98. The number of benzene rings is 1. The van der Waals surface area contributed by atoms with E-state index in [9.17, 15) is 0 Å². The normalized spacial score (nSPS) is 24.2. The number of hydrogen-bond donors (Lipinski definition) is 2. The second-order valence-corrected chi connectivity index (χ2v) is 7.31. The van der Waals surface area contributed by atoms with Crippen molar-refractivity contribution < 1.29 is 0 Å². The molecule has 3 rings (SSSR count). The predicted octanol–water partition coefficient (Wildman–Crippen LogP) is 3.36. The maximum absolute atomic E-state index is 6.18. The largest absolute Gasteiger partial charge is 0.337 e. The van der Waals surface area contributed by atoms with Crippen LogP contribution in [0.15, 0.2) is 43.0 Å². The van der Waals surface area contributed by atoms with E-state index in [1.807, 2.05) is 30.9 Å². The van der Waals surface area contributed by atoms with E-state index in [1.54, 1.807) is 0 Å². The molecule has 1 fully saturated rings. The van der Waals surface area contributed by atoms with E-state index in [1.165, 1.54) is 18.4 Å². The van der Waals surface area contributed by atoms with Crippen molar-refractivity contribution in [3.63, 3.8) is 0 Å². The topological polar surface area (TPSA) is 55.9 Å². The summed E-state index contributed by atoms with van der Waals surface area (Å²) in [6.07, 6.45) is 11.5. The number of nitrogens with one attached hydrogen (secondary N) is 1. The van der Waals surface area contributed by atoms with E-state index >= 15 is 0 Å². The molecule has 1 aromatic heterocycles. The minimum Gasteiger partial charge on any atom is -0.337 e. The van der Waals surface area contributed by atoms with Crippen molar-refractivity contribution in [3.05, 3.63) is 53.6 Å². The summed E-state index contributed by atoms with van der Waals surface area (Å²) < 4.78 is 2.13. The van der Waals surface area contributed by atoms with Gasteiger partial charge in [0.2, 0.25) is 0 Å². The molecule has 130 valence electrons. The van der Waals surface area contributed by atoms with Gasteiger partial charge in [-0.15, -0.1) is 0 Å². The summed E-state index contributed by atoms with van der Waals surface area (Å²) in [6, 6.07) is 8.84. The molecule has 0 saturated heterocycles. The molecule has 1 saturated carbocycles. The second-order valence-electron chi connectivity index (χ2n) is 6.88. The Labute approximate surface area is 149 Å². The van der Waals surface area contributed by atoms with Crippen LogP contribution in [0.25, 0.3) is 0 Å². The Morgan fingerprint density at radius 1 is 1.33 bits per heavy atom. The summed E-state index contributed by atoms with van der Waals surface area (Å²) >= 11 is 6.18. The number of aromatic nitrogens is 2. The monoisotopic (exact) mass is 346 g/mol. The van der Waals surface area contributed by atoms with Crippen LogP contribution in [0.3, 0.4) is 0 Å². The van der Waals surface area contributed by atoms with Crippen molar-refractivity contribution in [3.8, 4) is 0 Å². The Hall–Kier alpha value is -1.36. The van der Waals surface area contributed by atoms with Gasteiger partial charge in [-0.3, -0.25) is 0 Å². The van der Waals surface area contributed by atoms with E-state index in [2.05, 4.69) is 27.0 Å². The van der Waals surface area contributed by atoms with Crippen LogP contribution >= 0.6 is 11.6 Å². The number of halogens is 1. The Morgan fingerprint density at radius 3 is 2.83 bits per heavy atom. The van der Waals surface area contributed by atoms with E-state index in [-0.39, 0.29) is 5.41 Å². The fourth-order valence-electron chi connectivity index (χ4n) is 3.79. The van der Waals surface area contributed by atoms with Crippen LogP contribution in [0.1, 0.15) is 37.7 Å². The number of aryl methyl sites for hydroxylation is 1. The van der Waals surface area contributed by atoms with Gasteiger partial charge < -0.3 is 15.6 Å². The molecular formula is C19H27ClN4. The Balaban J connectivity index is 1.47. The summed E-state index contributed by atoms with van der Waals surface area (Å²) in [5.74, 6) is 0. The zero-order valence-electron chi connectivity index (χ0n) is 14.1. The smallest absolute Gasteiger partial charge is 0.0945 e. The maximum Gasteiger partial charge on any atom is 0.0945 e. The van der Waals surface area contributed by atoms with E-state index in [0.717, 1.165) is 37.4 Å². The van der Waals surface area contributed by atoms with Gasteiger partial charge >= 0.3 is 0 Å². The highest BCUT2D eigenvalue weighted by Crippen LogP contribution is 2.39. The molecule has 5 heteroatoms. The first kappa shape index (κ1) is 17.5. The number of nitrogens with two attached hydrogens (primary N) is 1. The first-order valence-electron chi connectivity index (χ1n) is 8.87. The standard InChI is InChI=1S/C19H27ClN4/c20-17-4-1-3-16(13-17)19(14-21)7-5-18(6-8-19)23-9-2-11-24-12-10-22-15-24/h1,3-4,10,12-13,15,18,23H,2,5-9,11,14,21H2. The lowest BCUT2D eigenvalue weighted by Gasteiger charge is -2.40. The number of hydrogen-bond acceptors (Lipinski definition) is 3. The van der Waals surface area contributed by atoms with Gasteiger partial charge in [0, 0.05) is 42.0 Å². The second kappa shape index (κ2) is 8.15. The van der Waals surface area contributed by atoms with Crippen molar-refractivity contribution in [2.24, 2.45) is 5.73 Å². The van der Waals surface area contributed by atoms with Gasteiger partial charge in [-0.2, -0.15) is 0 Å². The quantitative estimate of drug-likeness (QED) is 0.756. The van der Waals surface area contributed by atoms with Gasteiger partial charge in [0.25, 0.3) is 0 Å². The van der Waals surface area contributed by atoms with Gasteiger partial charge in [0.1, 0.15) is 0 Å².